The lowest BCUT2D eigenvalue weighted by molar-refractivity contribution is -0.123. The Labute approximate surface area is 167 Å². The van der Waals surface area contributed by atoms with Crippen molar-refractivity contribution in [3.63, 3.8) is 0 Å². The molecule has 0 spiro atoms. The quantitative estimate of drug-likeness (QED) is 0.692. The number of carbonyl (C=O) groups excluding carboxylic acids is 3. The predicted octanol–water partition coefficient (Wildman–Crippen LogP) is 2.56. The number of anilines is 1. The van der Waals surface area contributed by atoms with Crippen LogP contribution in [0.2, 0.25) is 0 Å². The average molecular weight is 396 g/mol. The molecule has 0 unspecified atom stereocenters. The minimum atomic E-state index is -0.634. The molecule has 1 atom stereocenters. The summed E-state index contributed by atoms with van der Waals surface area (Å²) >= 11 is 1.10. The van der Waals surface area contributed by atoms with Crippen molar-refractivity contribution in [2.45, 2.75) is 25.5 Å². The number of thioether (sulfide) groups is 1. The highest BCUT2D eigenvalue weighted by Crippen LogP contribution is 2.22. The van der Waals surface area contributed by atoms with Crippen LogP contribution in [0.15, 0.2) is 53.6 Å². The highest BCUT2D eigenvalue weighted by Gasteiger charge is 2.30. The number of benzene rings is 2. The molecule has 2 aromatic rings. The summed E-state index contributed by atoms with van der Waals surface area (Å²) in [6.45, 7) is 3.89. The number of amides is 3. The summed E-state index contributed by atoms with van der Waals surface area (Å²) in [7, 11) is 0. The number of rotatable bonds is 4. The van der Waals surface area contributed by atoms with E-state index < -0.39 is 11.2 Å². The zero-order valence-corrected chi connectivity index (χ0v) is 16.3. The second-order valence-electron chi connectivity index (χ2n) is 6.44. The van der Waals surface area contributed by atoms with Gasteiger partial charge in [-0.3, -0.25) is 14.4 Å². The molecule has 3 amide bonds. The maximum atomic E-state index is 12.5. The monoisotopic (exact) mass is 396 g/mol. The smallest absolute Gasteiger partial charge is 0.271 e. The minimum Gasteiger partial charge on any atom is -0.325 e. The fourth-order valence-corrected chi connectivity index (χ4v) is 3.42. The third-order valence-electron chi connectivity index (χ3n) is 4.06. The Balaban J connectivity index is 1.62. The van der Waals surface area contributed by atoms with Crippen LogP contribution in [0.1, 0.15) is 27.9 Å². The third kappa shape index (κ3) is 5.20. The fourth-order valence-electron chi connectivity index (χ4n) is 2.48. The average Bonchev–Trinajstić information content (AvgIpc) is 2.68. The van der Waals surface area contributed by atoms with Crippen molar-refractivity contribution in [2.75, 3.05) is 5.32 Å². The van der Waals surface area contributed by atoms with Gasteiger partial charge in [-0.2, -0.15) is 0 Å². The molecule has 1 fully saturated rings. The molecule has 2 aromatic carbocycles. The first-order valence-corrected chi connectivity index (χ1v) is 9.57. The van der Waals surface area contributed by atoms with Crippen LogP contribution in [0.25, 0.3) is 0 Å². The van der Waals surface area contributed by atoms with Gasteiger partial charge in [0, 0.05) is 17.7 Å². The molecule has 0 aromatic heterocycles. The molecule has 0 aliphatic carbocycles. The van der Waals surface area contributed by atoms with E-state index in [2.05, 4.69) is 21.2 Å². The molecule has 0 saturated carbocycles. The molecule has 7 nitrogen and oxygen atoms in total. The summed E-state index contributed by atoms with van der Waals surface area (Å²) in [6, 6.07) is 14.4. The molecule has 8 heteroatoms. The van der Waals surface area contributed by atoms with Crippen LogP contribution < -0.4 is 16.1 Å². The van der Waals surface area contributed by atoms with E-state index in [4.69, 9.17) is 0 Å². The van der Waals surface area contributed by atoms with Gasteiger partial charge in [0.25, 0.3) is 5.91 Å². The van der Waals surface area contributed by atoms with Gasteiger partial charge in [0.05, 0.1) is 0 Å². The summed E-state index contributed by atoms with van der Waals surface area (Å²) in [4.78, 5) is 36.6. The number of aryl methyl sites for hydroxylation is 2. The largest absolute Gasteiger partial charge is 0.325 e. The van der Waals surface area contributed by atoms with E-state index in [1.807, 2.05) is 38.1 Å². The zero-order valence-electron chi connectivity index (χ0n) is 15.5. The first kappa shape index (κ1) is 19.6. The van der Waals surface area contributed by atoms with Crippen LogP contribution in [0.3, 0.4) is 0 Å². The SMILES string of the molecule is Cc1ccc(NC(=O)[C@@H]2CC(=O)N/C(=N\NC(=O)c3ccc(C)cc3)S2)cc1. The van der Waals surface area contributed by atoms with E-state index in [1.54, 1.807) is 24.3 Å². The Kier molecular flexibility index (Phi) is 6.10. The number of hydrogen-bond donors (Lipinski definition) is 3. The van der Waals surface area contributed by atoms with E-state index in [9.17, 15) is 14.4 Å². The molecular weight excluding hydrogens is 376 g/mol. The summed E-state index contributed by atoms with van der Waals surface area (Å²) in [6.07, 6.45) is 0.0350. The zero-order chi connectivity index (χ0) is 20.1. The summed E-state index contributed by atoms with van der Waals surface area (Å²) in [5, 5.41) is 8.86. The van der Waals surface area contributed by atoms with Crippen LogP contribution in [0.5, 0.6) is 0 Å². The van der Waals surface area contributed by atoms with Gasteiger partial charge in [0.2, 0.25) is 11.8 Å². The standard InChI is InChI=1S/C20H20N4O3S/c1-12-3-7-14(8-4-12)18(26)23-24-20-22-17(25)11-16(28-20)19(27)21-15-9-5-13(2)6-10-15/h3-10,16H,11H2,1-2H3,(H,21,27)(H,23,26)(H,22,24,25)/t16-/m0/s1. The second-order valence-corrected chi connectivity index (χ2v) is 7.63. The Morgan fingerprint density at radius 1 is 1.04 bits per heavy atom. The van der Waals surface area contributed by atoms with E-state index in [-0.39, 0.29) is 23.4 Å². The molecule has 0 radical (unpaired) electrons. The number of hydrazone groups is 1. The number of amidine groups is 1. The van der Waals surface area contributed by atoms with Gasteiger partial charge in [-0.1, -0.05) is 47.2 Å². The number of carbonyl (C=O) groups is 3. The fraction of sp³-hybridized carbons (Fsp3) is 0.200. The lowest BCUT2D eigenvalue weighted by Gasteiger charge is -2.22. The highest BCUT2D eigenvalue weighted by atomic mass is 32.2. The first-order chi connectivity index (χ1) is 13.4. The van der Waals surface area contributed by atoms with Gasteiger partial charge in [0.1, 0.15) is 5.25 Å². The Morgan fingerprint density at radius 2 is 1.64 bits per heavy atom. The minimum absolute atomic E-state index is 0.0350. The lowest BCUT2D eigenvalue weighted by Crippen LogP contribution is -2.42. The highest BCUT2D eigenvalue weighted by molar-refractivity contribution is 8.15. The number of nitrogens with zero attached hydrogens (tertiary/aromatic N) is 1. The van der Waals surface area contributed by atoms with E-state index in [1.165, 1.54) is 0 Å². The molecule has 1 aliphatic rings. The van der Waals surface area contributed by atoms with Crippen molar-refractivity contribution < 1.29 is 14.4 Å². The maximum absolute atomic E-state index is 12.5. The van der Waals surface area contributed by atoms with Gasteiger partial charge in [-0.25, -0.2) is 5.43 Å². The van der Waals surface area contributed by atoms with E-state index >= 15 is 0 Å². The van der Waals surface area contributed by atoms with Gasteiger partial charge in [0.15, 0.2) is 5.17 Å². The molecular formula is C20H20N4O3S. The molecule has 144 valence electrons. The maximum Gasteiger partial charge on any atom is 0.271 e. The van der Waals surface area contributed by atoms with Crippen molar-refractivity contribution in [3.8, 4) is 0 Å². The van der Waals surface area contributed by atoms with Crippen molar-refractivity contribution in [1.82, 2.24) is 10.7 Å². The second kappa shape index (κ2) is 8.71. The van der Waals surface area contributed by atoms with Crippen molar-refractivity contribution in [3.05, 3.63) is 65.2 Å². The van der Waals surface area contributed by atoms with Crippen LogP contribution in [0, 0.1) is 13.8 Å². The van der Waals surface area contributed by atoms with E-state index in [0.29, 0.717) is 11.3 Å². The topological polar surface area (TPSA) is 99.7 Å². The summed E-state index contributed by atoms with van der Waals surface area (Å²) in [5.41, 5.74) is 5.65. The van der Waals surface area contributed by atoms with E-state index in [0.717, 1.165) is 22.9 Å². The van der Waals surface area contributed by atoms with Crippen LogP contribution in [-0.4, -0.2) is 28.1 Å². The van der Waals surface area contributed by atoms with Crippen LogP contribution in [-0.2, 0) is 9.59 Å². The summed E-state index contributed by atoms with van der Waals surface area (Å²) in [5.74, 6) is -1.01. The van der Waals surface area contributed by atoms with Crippen molar-refractivity contribution in [2.24, 2.45) is 5.10 Å². The summed E-state index contributed by atoms with van der Waals surface area (Å²) < 4.78 is 0. The van der Waals surface area contributed by atoms with Crippen LogP contribution >= 0.6 is 11.8 Å². The molecule has 1 aliphatic heterocycles. The predicted molar refractivity (Wildman–Crippen MR) is 110 cm³/mol. The third-order valence-corrected chi connectivity index (χ3v) is 5.14. The molecule has 3 N–H and O–H groups in total. The molecule has 28 heavy (non-hydrogen) atoms. The van der Waals surface area contributed by atoms with Crippen LogP contribution in [0.4, 0.5) is 5.69 Å². The Bertz CT molecular complexity index is 923. The number of nitrogens with one attached hydrogen (secondary N) is 3. The molecule has 1 saturated heterocycles. The Hall–Kier alpha value is -3.13. The molecule has 3 rings (SSSR count). The van der Waals surface area contributed by atoms with Crippen molar-refractivity contribution >= 4 is 40.3 Å². The van der Waals surface area contributed by atoms with Gasteiger partial charge in [-0.15, -0.1) is 5.10 Å². The molecule has 0 bridgehead atoms. The lowest BCUT2D eigenvalue weighted by atomic mass is 10.1. The van der Waals surface area contributed by atoms with Gasteiger partial charge in [-0.05, 0) is 38.1 Å². The Morgan fingerprint density at radius 3 is 2.29 bits per heavy atom. The molecule has 1 heterocycles. The number of hydrogen-bond acceptors (Lipinski definition) is 5. The normalized spacial score (nSPS) is 17.7. The van der Waals surface area contributed by atoms with Gasteiger partial charge >= 0.3 is 0 Å². The first-order valence-electron chi connectivity index (χ1n) is 8.69. The van der Waals surface area contributed by atoms with Gasteiger partial charge < -0.3 is 10.6 Å². The van der Waals surface area contributed by atoms with Crippen molar-refractivity contribution in [1.29, 1.82) is 0 Å².